The fourth-order valence-corrected chi connectivity index (χ4v) is 2.59. The van der Waals surface area contributed by atoms with Crippen molar-refractivity contribution in [2.24, 2.45) is 5.92 Å². The predicted molar refractivity (Wildman–Crippen MR) is 72.4 cm³/mol. The molecule has 0 radical (unpaired) electrons. The number of carbonyl (C=O) groups is 2. The molecule has 2 atom stereocenters. The van der Waals surface area contributed by atoms with Gasteiger partial charge in [0, 0.05) is 6.04 Å². The molecule has 0 aromatic carbocycles. The van der Waals surface area contributed by atoms with E-state index in [0.717, 1.165) is 12.8 Å². The molecule has 6 heteroatoms. The SMILES string of the molecule is Cc1cc(C(=O)NC2CCCC(C(=O)O)C2)c(C)nn1. The van der Waals surface area contributed by atoms with E-state index in [-0.39, 0.29) is 17.9 Å². The molecule has 1 aliphatic rings. The van der Waals surface area contributed by atoms with Gasteiger partial charge in [0.15, 0.2) is 0 Å². The summed E-state index contributed by atoms with van der Waals surface area (Å²) in [6.45, 7) is 3.52. The highest BCUT2D eigenvalue weighted by Gasteiger charge is 2.28. The lowest BCUT2D eigenvalue weighted by molar-refractivity contribution is -0.143. The third kappa shape index (κ3) is 3.31. The molecule has 108 valence electrons. The normalized spacial score (nSPS) is 22.3. The first-order chi connectivity index (χ1) is 9.47. The van der Waals surface area contributed by atoms with E-state index in [9.17, 15) is 9.59 Å². The Bertz CT molecular complexity index is 530. The molecule has 2 rings (SSSR count). The molecule has 2 unspecified atom stereocenters. The first-order valence-electron chi connectivity index (χ1n) is 6.82. The van der Waals surface area contributed by atoms with Crippen molar-refractivity contribution in [2.75, 3.05) is 0 Å². The minimum atomic E-state index is -0.776. The summed E-state index contributed by atoms with van der Waals surface area (Å²) in [6, 6.07) is 1.63. The first-order valence-corrected chi connectivity index (χ1v) is 6.82. The Kier molecular flexibility index (Phi) is 4.32. The molecule has 1 aromatic heterocycles. The van der Waals surface area contributed by atoms with Crippen molar-refractivity contribution >= 4 is 11.9 Å². The van der Waals surface area contributed by atoms with Gasteiger partial charge >= 0.3 is 5.97 Å². The van der Waals surface area contributed by atoms with Crippen LogP contribution in [0.1, 0.15) is 47.4 Å². The molecule has 1 amide bonds. The molecule has 1 aliphatic carbocycles. The van der Waals surface area contributed by atoms with E-state index in [0.29, 0.717) is 29.8 Å². The third-order valence-corrected chi connectivity index (χ3v) is 3.70. The second kappa shape index (κ2) is 5.98. The van der Waals surface area contributed by atoms with Gasteiger partial charge in [-0.1, -0.05) is 6.42 Å². The number of nitrogens with one attached hydrogen (secondary N) is 1. The van der Waals surface area contributed by atoms with E-state index >= 15 is 0 Å². The van der Waals surface area contributed by atoms with Crippen molar-refractivity contribution < 1.29 is 14.7 Å². The molecule has 0 spiro atoms. The van der Waals surface area contributed by atoms with E-state index in [4.69, 9.17) is 5.11 Å². The molecular formula is C14H19N3O3. The van der Waals surface area contributed by atoms with Gasteiger partial charge in [0.2, 0.25) is 0 Å². The van der Waals surface area contributed by atoms with Gasteiger partial charge in [-0.05, 0) is 39.2 Å². The quantitative estimate of drug-likeness (QED) is 0.872. The van der Waals surface area contributed by atoms with E-state index in [1.807, 2.05) is 0 Å². The van der Waals surface area contributed by atoms with Crippen LogP contribution in [0.4, 0.5) is 0 Å². The van der Waals surface area contributed by atoms with E-state index < -0.39 is 5.97 Å². The maximum Gasteiger partial charge on any atom is 0.306 e. The number of carboxylic acids is 1. The van der Waals surface area contributed by atoms with Crippen LogP contribution in [0, 0.1) is 19.8 Å². The maximum atomic E-state index is 12.2. The Labute approximate surface area is 117 Å². The van der Waals surface area contributed by atoms with Crippen LogP contribution in [-0.4, -0.2) is 33.2 Å². The molecule has 2 N–H and O–H groups in total. The number of aliphatic carboxylic acids is 1. The summed E-state index contributed by atoms with van der Waals surface area (Å²) >= 11 is 0. The predicted octanol–water partition coefficient (Wildman–Crippen LogP) is 1.47. The summed E-state index contributed by atoms with van der Waals surface area (Å²) < 4.78 is 0. The first kappa shape index (κ1) is 14.4. The Morgan fingerprint density at radius 1 is 1.30 bits per heavy atom. The molecule has 1 fully saturated rings. The van der Waals surface area contributed by atoms with Crippen LogP contribution in [0.3, 0.4) is 0 Å². The van der Waals surface area contributed by atoms with Crippen LogP contribution in [0.25, 0.3) is 0 Å². The lowest BCUT2D eigenvalue weighted by Crippen LogP contribution is -2.40. The van der Waals surface area contributed by atoms with Crippen LogP contribution in [0.15, 0.2) is 6.07 Å². The minimum Gasteiger partial charge on any atom is -0.481 e. The van der Waals surface area contributed by atoms with Crippen molar-refractivity contribution in [3.05, 3.63) is 23.0 Å². The van der Waals surface area contributed by atoms with Crippen molar-refractivity contribution in [3.8, 4) is 0 Å². The molecular weight excluding hydrogens is 258 g/mol. The lowest BCUT2D eigenvalue weighted by atomic mass is 9.85. The summed E-state index contributed by atoms with van der Waals surface area (Å²) in [5.41, 5.74) is 1.78. The number of aromatic nitrogens is 2. The highest BCUT2D eigenvalue weighted by Crippen LogP contribution is 2.24. The summed E-state index contributed by atoms with van der Waals surface area (Å²) in [4.78, 5) is 23.3. The van der Waals surface area contributed by atoms with Crippen molar-refractivity contribution in [1.82, 2.24) is 15.5 Å². The smallest absolute Gasteiger partial charge is 0.306 e. The summed E-state index contributed by atoms with van der Waals surface area (Å²) in [7, 11) is 0. The number of nitrogens with zero attached hydrogens (tertiary/aromatic N) is 2. The highest BCUT2D eigenvalue weighted by molar-refractivity contribution is 5.95. The number of hydrogen-bond acceptors (Lipinski definition) is 4. The summed E-state index contributed by atoms with van der Waals surface area (Å²) in [6.07, 6.45) is 2.84. The third-order valence-electron chi connectivity index (χ3n) is 3.70. The second-order valence-electron chi connectivity index (χ2n) is 5.36. The average molecular weight is 277 g/mol. The fraction of sp³-hybridized carbons (Fsp3) is 0.571. The van der Waals surface area contributed by atoms with Crippen LogP contribution in [0.5, 0.6) is 0 Å². The number of hydrogen-bond donors (Lipinski definition) is 2. The van der Waals surface area contributed by atoms with Crippen LogP contribution in [0.2, 0.25) is 0 Å². The molecule has 0 bridgehead atoms. The van der Waals surface area contributed by atoms with Gasteiger partial charge in [0.1, 0.15) is 0 Å². The number of rotatable bonds is 3. The monoisotopic (exact) mass is 277 g/mol. The van der Waals surface area contributed by atoms with Gasteiger partial charge in [0.25, 0.3) is 5.91 Å². The molecule has 1 saturated carbocycles. The molecule has 20 heavy (non-hydrogen) atoms. The van der Waals surface area contributed by atoms with Gasteiger partial charge in [-0.25, -0.2) is 0 Å². The second-order valence-corrected chi connectivity index (χ2v) is 5.36. The Hall–Kier alpha value is -1.98. The van der Waals surface area contributed by atoms with Gasteiger partial charge < -0.3 is 10.4 Å². The van der Waals surface area contributed by atoms with E-state index in [1.54, 1.807) is 19.9 Å². The Morgan fingerprint density at radius 2 is 2.05 bits per heavy atom. The van der Waals surface area contributed by atoms with E-state index in [2.05, 4.69) is 15.5 Å². The molecule has 1 heterocycles. The maximum absolute atomic E-state index is 12.2. The van der Waals surface area contributed by atoms with Crippen molar-refractivity contribution in [1.29, 1.82) is 0 Å². The Balaban J connectivity index is 2.04. The molecule has 0 aliphatic heterocycles. The zero-order chi connectivity index (χ0) is 14.7. The summed E-state index contributed by atoms with van der Waals surface area (Å²) in [5, 5.41) is 19.8. The van der Waals surface area contributed by atoms with Gasteiger partial charge in [-0.3, -0.25) is 9.59 Å². The van der Waals surface area contributed by atoms with Gasteiger partial charge in [-0.2, -0.15) is 10.2 Å². The van der Waals surface area contributed by atoms with Crippen LogP contribution in [-0.2, 0) is 4.79 Å². The standard InChI is InChI=1S/C14H19N3O3/c1-8-6-12(9(2)17-16-8)13(18)15-11-5-3-4-10(7-11)14(19)20/h6,10-11H,3-5,7H2,1-2H3,(H,15,18)(H,19,20). The minimum absolute atomic E-state index is 0.0785. The highest BCUT2D eigenvalue weighted by atomic mass is 16.4. The topological polar surface area (TPSA) is 92.2 Å². The fourth-order valence-electron chi connectivity index (χ4n) is 2.59. The number of aryl methyl sites for hydroxylation is 2. The molecule has 6 nitrogen and oxygen atoms in total. The largest absolute Gasteiger partial charge is 0.481 e. The zero-order valence-corrected chi connectivity index (χ0v) is 11.7. The van der Waals surface area contributed by atoms with Crippen molar-refractivity contribution in [2.45, 2.75) is 45.6 Å². The molecule has 1 aromatic rings. The Morgan fingerprint density at radius 3 is 2.75 bits per heavy atom. The summed E-state index contributed by atoms with van der Waals surface area (Å²) in [5.74, 6) is -1.33. The molecule has 0 saturated heterocycles. The van der Waals surface area contributed by atoms with Crippen molar-refractivity contribution in [3.63, 3.8) is 0 Å². The van der Waals surface area contributed by atoms with Gasteiger partial charge in [-0.15, -0.1) is 0 Å². The van der Waals surface area contributed by atoms with Crippen LogP contribution >= 0.6 is 0 Å². The number of amides is 1. The van der Waals surface area contributed by atoms with E-state index in [1.165, 1.54) is 0 Å². The number of carbonyl (C=O) groups excluding carboxylic acids is 1. The number of carboxylic acid groups (broad SMARTS) is 1. The zero-order valence-electron chi connectivity index (χ0n) is 11.7. The average Bonchev–Trinajstić information content (AvgIpc) is 2.41. The lowest BCUT2D eigenvalue weighted by Gasteiger charge is -2.27. The van der Waals surface area contributed by atoms with Crippen LogP contribution < -0.4 is 5.32 Å². The van der Waals surface area contributed by atoms with Gasteiger partial charge in [0.05, 0.1) is 22.9 Å².